The summed E-state index contributed by atoms with van der Waals surface area (Å²) in [6, 6.07) is 7.97. The molecule has 1 fully saturated rings. The van der Waals surface area contributed by atoms with Crippen LogP contribution in [0.1, 0.15) is 55.6 Å². The summed E-state index contributed by atoms with van der Waals surface area (Å²) >= 11 is 0. The summed E-state index contributed by atoms with van der Waals surface area (Å²) in [4.78, 5) is 14.7. The van der Waals surface area contributed by atoms with Gasteiger partial charge in [-0.15, -0.1) is 0 Å². The van der Waals surface area contributed by atoms with Crippen molar-refractivity contribution in [3.05, 3.63) is 41.7 Å². The third kappa shape index (κ3) is 3.60. The van der Waals surface area contributed by atoms with Gasteiger partial charge in [0.25, 0.3) is 5.91 Å². The lowest BCUT2D eigenvalue weighted by atomic mass is 9.92. The van der Waals surface area contributed by atoms with Gasteiger partial charge in [-0.25, -0.2) is 4.68 Å². The molecule has 6 heteroatoms. The van der Waals surface area contributed by atoms with Gasteiger partial charge in [0.15, 0.2) is 11.4 Å². The number of carbonyl (C=O) groups excluding carboxylic acids is 1. The van der Waals surface area contributed by atoms with Gasteiger partial charge >= 0.3 is 0 Å². The second kappa shape index (κ2) is 7.50. The summed E-state index contributed by atoms with van der Waals surface area (Å²) in [5.74, 6) is 0.653. The minimum absolute atomic E-state index is 0.00104. The van der Waals surface area contributed by atoms with Crippen molar-refractivity contribution in [2.24, 2.45) is 11.7 Å². The number of carbonyl (C=O) groups is 1. The Hall–Kier alpha value is -2.34. The van der Waals surface area contributed by atoms with E-state index in [2.05, 4.69) is 25.9 Å². The fourth-order valence-electron chi connectivity index (χ4n) is 3.54. The van der Waals surface area contributed by atoms with E-state index in [1.807, 2.05) is 24.3 Å². The number of piperidine rings is 1. The normalized spacial score (nSPS) is 20.6. The first-order chi connectivity index (χ1) is 12.4. The molecule has 1 aliphatic rings. The Balaban J connectivity index is 1.84. The summed E-state index contributed by atoms with van der Waals surface area (Å²) in [6.07, 6.45) is 3.32. The SMILES string of the molecule is CC1CCN(C(=O)c2nn(-c3ccc(C(C)C)cc3)cc2O)C(CN)C1. The molecule has 2 unspecified atom stereocenters. The van der Waals surface area contributed by atoms with Crippen LogP contribution in [0.2, 0.25) is 0 Å². The fraction of sp³-hybridized carbons (Fsp3) is 0.500. The Morgan fingerprint density at radius 1 is 1.35 bits per heavy atom. The number of aromatic nitrogens is 2. The van der Waals surface area contributed by atoms with Gasteiger partial charge in [0.1, 0.15) is 0 Å². The van der Waals surface area contributed by atoms with Gasteiger partial charge < -0.3 is 15.7 Å². The minimum Gasteiger partial charge on any atom is -0.504 e. The van der Waals surface area contributed by atoms with Crippen LogP contribution in [-0.4, -0.2) is 44.8 Å². The van der Waals surface area contributed by atoms with Gasteiger partial charge in [0, 0.05) is 19.1 Å². The highest BCUT2D eigenvalue weighted by Crippen LogP contribution is 2.27. The molecular formula is C20H28N4O2. The summed E-state index contributed by atoms with van der Waals surface area (Å²) in [6.45, 7) is 7.53. The van der Waals surface area contributed by atoms with Crippen LogP contribution in [0.5, 0.6) is 5.75 Å². The zero-order chi connectivity index (χ0) is 18.8. The second-order valence-corrected chi connectivity index (χ2v) is 7.57. The molecule has 26 heavy (non-hydrogen) atoms. The van der Waals surface area contributed by atoms with E-state index in [-0.39, 0.29) is 23.4 Å². The van der Waals surface area contributed by atoms with Crippen LogP contribution in [0, 0.1) is 5.92 Å². The lowest BCUT2D eigenvalue weighted by Gasteiger charge is -2.37. The number of likely N-dealkylation sites (tertiary alicyclic amines) is 1. The summed E-state index contributed by atoms with van der Waals surface area (Å²) in [5, 5.41) is 14.6. The van der Waals surface area contributed by atoms with E-state index in [9.17, 15) is 9.90 Å². The first-order valence-electron chi connectivity index (χ1n) is 9.30. The van der Waals surface area contributed by atoms with E-state index < -0.39 is 0 Å². The minimum atomic E-state index is -0.248. The molecule has 1 aromatic heterocycles. The average Bonchev–Trinajstić information content (AvgIpc) is 3.02. The Morgan fingerprint density at radius 3 is 2.65 bits per heavy atom. The zero-order valence-corrected chi connectivity index (χ0v) is 15.7. The Morgan fingerprint density at radius 2 is 2.04 bits per heavy atom. The maximum absolute atomic E-state index is 12.9. The van der Waals surface area contributed by atoms with Gasteiger partial charge in [0.05, 0.1) is 11.9 Å². The zero-order valence-electron chi connectivity index (χ0n) is 15.7. The molecule has 2 heterocycles. The molecule has 0 radical (unpaired) electrons. The monoisotopic (exact) mass is 356 g/mol. The van der Waals surface area contributed by atoms with Crippen LogP contribution in [-0.2, 0) is 0 Å². The van der Waals surface area contributed by atoms with Gasteiger partial charge in [-0.2, -0.15) is 5.10 Å². The quantitative estimate of drug-likeness (QED) is 0.882. The number of nitrogens with two attached hydrogens (primary N) is 1. The molecule has 2 aromatic rings. The molecule has 1 aromatic carbocycles. The van der Waals surface area contributed by atoms with Crippen LogP contribution in [0.3, 0.4) is 0 Å². The summed E-state index contributed by atoms with van der Waals surface area (Å²) in [7, 11) is 0. The highest BCUT2D eigenvalue weighted by Gasteiger charge is 2.32. The van der Waals surface area contributed by atoms with E-state index in [1.54, 1.807) is 9.58 Å². The number of amides is 1. The van der Waals surface area contributed by atoms with Crippen LogP contribution in [0.25, 0.3) is 5.69 Å². The molecular weight excluding hydrogens is 328 g/mol. The fourth-order valence-corrected chi connectivity index (χ4v) is 3.54. The number of nitrogens with zero attached hydrogens (tertiary/aromatic N) is 3. The second-order valence-electron chi connectivity index (χ2n) is 7.57. The molecule has 1 amide bonds. The molecule has 3 N–H and O–H groups in total. The van der Waals surface area contributed by atoms with E-state index in [4.69, 9.17) is 5.73 Å². The first-order valence-corrected chi connectivity index (χ1v) is 9.30. The number of aromatic hydroxyl groups is 1. The average molecular weight is 356 g/mol. The maximum Gasteiger partial charge on any atom is 0.278 e. The molecule has 1 saturated heterocycles. The number of rotatable bonds is 4. The standard InChI is InChI=1S/C20H28N4O2/c1-13(2)15-4-6-16(7-5-15)24-12-18(25)19(22-24)20(26)23-9-8-14(3)10-17(23)11-21/h4-7,12-14,17,25H,8-11,21H2,1-3H3. The summed E-state index contributed by atoms with van der Waals surface area (Å²) < 4.78 is 1.55. The van der Waals surface area contributed by atoms with Crippen LogP contribution in [0.15, 0.2) is 30.5 Å². The van der Waals surface area contributed by atoms with Crippen molar-refractivity contribution in [3.63, 3.8) is 0 Å². The van der Waals surface area contributed by atoms with Crippen LogP contribution in [0.4, 0.5) is 0 Å². The predicted molar refractivity (Wildman–Crippen MR) is 102 cm³/mol. The topological polar surface area (TPSA) is 84.4 Å². The lowest BCUT2D eigenvalue weighted by Crippen LogP contribution is -2.49. The molecule has 0 spiro atoms. The van der Waals surface area contributed by atoms with Gasteiger partial charge in [-0.05, 0) is 42.4 Å². The van der Waals surface area contributed by atoms with Gasteiger partial charge in [-0.3, -0.25) is 4.79 Å². The van der Waals surface area contributed by atoms with Crippen molar-refractivity contribution in [2.45, 2.75) is 45.6 Å². The van der Waals surface area contributed by atoms with Crippen LogP contribution >= 0.6 is 0 Å². The molecule has 140 valence electrons. The lowest BCUT2D eigenvalue weighted by molar-refractivity contribution is 0.0564. The summed E-state index contributed by atoms with van der Waals surface area (Å²) in [5.41, 5.74) is 7.99. The highest BCUT2D eigenvalue weighted by atomic mass is 16.3. The van der Waals surface area contributed by atoms with E-state index in [0.717, 1.165) is 18.5 Å². The Kier molecular flexibility index (Phi) is 5.32. The molecule has 1 aliphatic heterocycles. The molecule has 0 saturated carbocycles. The maximum atomic E-state index is 12.9. The number of hydrogen-bond donors (Lipinski definition) is 2. The van der Waals surface area contributed by atoms with E-state index in [1.165, 1.54) is 11.8 Å². The van der Waals surface area contributed by atoms with Gasteiger partial charge in [0.2, 0.25) is 0 Å². The third-order valence-corrected chi connectivity index (χ3v) is 5.23. The van der Waals surface area contributed by atoms with Crippen molar-refractivity contribution in [1.82, 2.24) is 14.7 Å². The predicted octanol–water partition coefficient (Wildman–Crippen LogP) is 2.90. The highest BCUT2D eigenvalue weighted by molar-refractivity contribution is 5.95. The first kappa shape index (κ1) is 18.5. The van der Waals surface area contributed by atoms with E-state index in [0.29, 0.717) is 24.9 Å². The number of benzene rings is 1. The van der Waals surface area contributed by atoms with Gasteiger partial charge in [-0.1, -0.05) is 32.9 Å². The third-order valence-electron chi connectivity index (χ3n) is 5.23. The van der Waals surface area contributed by atoms with Crippen molar-refractivity contribution in [3.8, 4) is 11.4 Å². The van der Waals surface area contributed by atoms with Crippen molar-refractivity contribution in [1.29, 1.82) is 0 Å². The van der Waals surface area contributed by atoms with Crippen molar-refractivity contribution in [2.75, 3.05) is 13.1 Å². The molecule has 2 atom stereocenters. The van der Waals surface area contributed by atoms with Crippen LogP contribution < -0.4 is 5.73 Å². The van der Waals surface area contributed by atoms with Crippen molar-refractivity contribution < 1.29 is 9.90 Å². The van der Waals surface area contributed by atoms with E-state index >= 15 is 0 Å². The molecule has 0 aliphatic carbocycles. The van der Waals surface area contributed by atoms with Crippen molar-refractivity contribution >= 4 is 5.91 Å². The largest absolute Gasteiger partial charge is 0.504 e. The smallest absolute Gasteiger partial charge is 0.278 e. The Bertz CT molecular complexity index is 767. The molecule has 0 bridgehead atoms. The number of hydrogen-bond acceptors (Lipinski definition) is 4. The molecule has 6 nitrogen and oxygen atoms in total. The molecule has 3 rings (SSSR count). The Labute approximate surface area is 154 Å².